The van der Waals surface area contributed by atoms with E-state index in [1.807, 2.05) is 4.90 Å². The van der Waals surface area contributed by atoms with E-state index in [2.05, 4.69) is 20.5 Å². The largest absolute Gasteiger partial charge is 0.416 e. The molecule has 2 aromatic rings. The van der Waals surface area contributed by atoms with Crippen molar-refractivity contribution in [1.82, 2.24) is 25.4 Å². The fourth-order valence-electron chi connectivity index (χ4n) is 5.95. The molecule has 41 heavy (non-hydrogen) atoms. The molecule has 2 saturated heterocycles. The summed E-state index contributed by atoms with van der Waals surface area (Å²) >= 11 is 1.29. The first-order valence-corrected chi connectivity index (χ1v) is 14.8. The van der Waals surface area contributed by atoms with Gasteiger partial charge in [0.1, 0.15) is 5.60 Å². The molecule has 1 aliphatic carbocycles. The number of rotatable bonds is 7. The summed E-state index contributed by atoms with van der Waals surface area (Å²) in [6.07, 6.45) is 2.52. The maximum Gasteiger partial charge on any atom is 0.416 e. The number of carbonyl (C=O) groups excluding carboxylic acids is 3. The van der Waals surface area contributed by atoms with Crippen molar-refractivity contribution in [1.29, 1.82) is 0 Å². The lowest BCUT2D eigenvalue weighted by Crippen LogP contribution is -2.45. The molecule has 0 bridgehead atoms. The topological polar surface area (TPSA) is 115 Å². The monoisotopic (exact) mass is 593 g/mol. The van der Waals surface area contributed by atoms with Crippen LogP contribution in [0.1, 0.15) is 75.5 Å². The predicted octanol–water partition coefficient (Wildman–Crippen LogP) is 3.15. The van der Waals surface area contributed by atoms with Gasteiger partial charge in [-0.05, 0) is 63.1 Å². The van der Waals surface area contributed by atoms with Gasteiger partial charge in [0.15, 0.2) is 5.01 Å². The third-order valence-electron chi connectivity index (χ3n) is 8.29. The Balaban J connectivity index is 1.06. The molecule has 222 valence electrons. The van der Waals surface area contributed by atoms with Crippen molar-refractivity contribution in [2.24, 2.45) is 0 Å². The Morgan fingerprint density at radius 1 is 1.10 bits per heavy atom. The van der Waals surface area contributed by atoms with Crippen molar-refractivity contribution in [2.75, 3.05) is 32.7 Å². The number of carbonyl (C=O) groups is 3. The number of aliphatic hydroxyl groups is 1. The Hall–Kier alpha value is -3.03. The van der Waals surface area contributed by atoms with Crippen LogP contribution in [0, 0.1) is 0 Å². The molecule has 3 heterocycles. The summed E-state index contributed by atoms with van der Waals surface area (Å²) in [6, 6.07) is 4.23. The third kappa shape index (κ3) is 6.90. The zero-order valence-corrected chi connectivity index (χ0v) is 23.4. The Morgan fingerprint density at radius 3 is 2.54 bits per heavy atom. The van der Waals surface area contributed by atoms with Gasteiger partial charge < -0.3 is 20.6 Å². The average molecular weight is 594 g/mol. The van der Waals surface area contributed by atoms with E-state index >= 15 is 0 Å². The second-order valence-corrected chi connectivity index (χ2v) is 12.1. The van der Waals surface area contributed by atoms with Gasteiger partial charge in [0.25, 0.3) is 11.8 Å². The first kappa shape index (κ1) is 29.5. The van der Waals surface area contributed by atoms with Crippen molar-refractivity contribution < 1.29 is 32.7 Å². The quantitative estimate of drug-likeness (QED) is 0.455. The smallest absolute Gasteiger partial charge is 0.384 e. The normalized spacial score (nSPS) is 25.3. The van der Waals surface area contributed by atoms with Crippen molar-refractivity contribution >= 4 is 29.1 Å². The Bertz CT molecular complexity index is 1270. The molecule has 1 aromatic carbocycles. The van der Waals surface area contributed by atoms with E-state index in [4.69, 9.17) is 0 Å². The molecule has 3 N–H and O–H groups in total. The minimum absolute atomic E-state index is 0.0589. The molecule has 0 unspecified atom stereocenters. The van der Waals surface area contributed by atoms with E-state index in [1.54, 1.807) is 6.20 Å². The van der Waals surface area contributed by atoms with Crippen molar-refractivity contribution in [2.45, 2.75) is 68.8 Å². The van der Waals surface area contributed by atoms with E-state index < -0.39 is 29.2 Å². The summed E-state index contributed by atoms with van der Waals surface area (Å²) in [7, 11) is 0. The van der Waals surface area contributed by atoms with Gasteiger partial charge in [0, 0.05) is 50.0 Å². The molecule has 3 fully saturated rings. The number of benzene rings is 1. The molecule has 3 aliphatic rings. The maximum atomic E-state index is 12.9. The fraction of sp³-hybridized carbons (Fsp3) is 0.571. The highest BCUT2D eigenvalue weighted by Gasteiger charge is 2.40. The molecule has 2 aliphatic heterocycles. The van der Waals surface area contributed by atoms with E-state index in [1.165, 1.54) is 17.4 Å². The zero-order valence-electron chi connectivity index (χ0n) is 22.6. The van der Waals surface area contributed by atoms with Gasteiger partial charge in [-0.3, -0.25) is 19.3 Å². The summed E-state index contributed by atoms with van der Waals surface area (Å²) in [4.78, 5) is 46.5. The van der Waals surface area contributed by atoms with Gasteiger partial charge in [-0.15, -0.1) is 11.3 Å². The van der Waals surface area contributed by atoms with Crippen LogP contribution < -0.4 is 10.6 Å². The number of thiazole rings is 1. The molecular weight excluding hydrogens is 559 g/mol. The SMILES string of the molecule is O=C(CNC(=O)c1cccc(C(F)(F)F)c1)N[C@@H]1CCN(C2CCC(O)(c3cnc(C(=O)N4CCCC4)s3)CC2)C1. The predicted molar refractivity (Wildman–Crippen MR) is 145 cm³/mol. The van der Waals surface area contributed by atoms with E-state index in [9.17, 15) is 32.7 Å². The van der Waals surface area contributed by atoms with E-state index in [0.717, 1.165) is 74.8 Å². The Kier molecular flexibility index (Phi) is 8.67. The van der Waals surface area contributed by atoms with Crippen molar-refractivity contribution in [3.8, 4) is 0 Å². The molecule has 1 saturated carbocycles. The first-order valence-electron chi connectivity index (χ1n) is 14.0. The number of alkyl halides is 3. The van der Waals surface area contributed by atoms with Crippen LogP contribution in [0.25, 0.3) is 0 Å². The minimum atomic E-state index is -4.56. The maximum absolute atomic E-state index is 12.9. The average Bonchev–Trinajstić information content (AvgIpc) is 3.74. The van der Waals surface area contributed by atoms with E-state index in [-0.39, 0.29) is 30.1 Å². The van der Waals surface area contributed by atoms with Crippen molar-refractivity contribution in [3.63, 3.8) is 0 Å². The van der Waals surface area contributed by atoms with Gasteiger partial charge in [-0.2, -0.15) is 13.2 Å². The van der Waals surface area contributed by atoms with Crippen LogP contribution in [0.2, 0.25) is 0 Å². The van der Waals surface area contributed by atoms with Gasteiger partial charge in [-0.1, -0.05) is 6.07 Å². The summed E-state index contributed by atoms with van der Waals surface area (Å²) in [5, 5.41) is 17.1. The molecule has 3 amide bonds. The summed E-state index contributed by atoms with van der Waals surface area (Å²) in [5.41, 5.74) is -2.08. The lowest BCUT2D eigenvalue weighted by Gasteiger charge is -2.39. The van der Waals surface area contributed by atoms with Crippen LogP contribution in [0.15, 0.2) is 30.5 Å². The standard InChI is InChI=1S/C28H34F3N5O4S/c29-28(30,31)19-5-3-4-18(14-19)24(38)32-16-23(37)34-20-8-13-36(17-20)21-6-9-27(40,10-7-21)22-15-33-25(41-22)26(39)35-11-1-2-12-35/h3-5,14-15,20-21,40H,1-2,6-13,16-17H2,(H,32,38)(H,34,37)/t20-,21?,27?/m1/s1. The fourth-order valence-corrected chi connectivity index (χ4v) is 6.98. The van der Waals surface area contributed by atoms with Crippen LogP contribution in [-0.4, -0.2) is 82.4 Å². The second-order valence-electron chi connectivity index (χ2n) is 11.1. The summed E-state index contributed by atoms with van der Waals surface area (Å²) in [6.45, 7) is 2.61. The number of nitrogens with one attached hydrogen (secondary N) is 2. The Labute approximate surface area is 240 Å². The van der Waals surface area contributed by atoms with E-state index in [0.29, 0.717) is 24.4 Å². The van der Waals surface area contributed by atoms with Gasteiger partial charge in [-0.25, -0.2) is 4.98 Å². The number of aromatic nitrogens is 1. The number of hydrogen-bond donors (Lipinski definition) is 3. The number of nitrogens with zero attached hydrogens (tertiary/aromatic N) is 3. The molecule has 0 spiro atoms. The van der Waals surface area contributed by atoms with Crippen LogP contribution in [0.4, 0.5) is 13.2 Å². The second kappa shape index (κ2) is 12.1. The lowest BCUT2D eigenvalue weighted by atomic mass is 9.81. The highest BCUT2D eigenvalue weighted by atomic mass is 32.1. The lowest BCUT2D eigenvalue weighted by molar-refractivity contribution is -0.137. The van der Waals surface area contributed by atoms with Gasteiger partial charge in [0.05, 0.1) is 17.0 Å². The number of likely N-dealkylation sites (tertiary alicyclic amines) is 2. The summed E-state index contributed by atoms with van der Waals surface area (Å²) < 4.78 is 38.7. The highest BCUT2D eigenvalue weighted by Crippen LogP contribution is 2.41. The van der Waals surface area contributed by atoms with Crippen LogP contribution >= 0.6 is 11.3 Å². The zero-order chi connectivity index (χ0) is 29.2. The van der Waals surface area contributed by atoms with Crippen LogP contribution in [-0.2, 0) is 16.6 Å². The third-order valence-corrected chi connectivity index (χ3v) is 9.46. The van der Waals surface area contributed by atoms with Gasteiger partial charge >= 0.3 is 6.18 Å². The molecular formula is C28H34F3N5O4S. The molecule has 1 aromatic heterocycles. The van der Waals surface area contributed by atoms with Crippen LogP contribution in [0.3, 0.4) is 0 Å². The first-order chi connectivity index (χ1) is 19.5. The van der Waals surface area contributed by atoms with Gasteiger partial charge in [0.2, 0.25) is 5.91 Å². The number of hydrogen-bond acceptors (Lipinski definition) is 7. The molecule has 9 nitrogen and oxygen atoms in total. The van der Waals surface area contributed by atoms with Crippen LogP contribution in [0.5, 0.6) is 0 Å². The molecule has 13 heteroatoms. The minimum Gasteiger partial charge on any atom is -0.384 e. The number of halogens is 3. The molecule has 5 rings (SSSR count). The molecule has 1 atom stereocenters. The van der Waals surface area contributed by atoms with Crippen molar-refractivity contribution in [3.05, 3.63) is 51.5 Å². The molecule has 0 radical (unpaired) electrons. The number of amides is 3. The highest BCUT2D eigenvalue weighted by molar-refractivity contribution is 7.13. The Morgan fingerprint density at radius 2 is 1.83 bits per heavy atom. The summed E-state index contributed by atoms with van der Waals surface area (Å²) in [5.74, 6) is -1.21.